The van der Waals surface area contributed by atoms with Crippen LogP contribution in [0.4, 0.5) is 5.69 Å². The number of tetrazole rings is 1. The minimum atomic E-state index is -3.86. The quantitative estimate of drug-likeness (QED) is 0.649. The highest BCUT2D eigenvalue weighted by molar-refractivity contribution is 7.92. The van der Waals surface area contributed by atoms with Crippen LogP contribution >= 0.6 is 0 Å². The van der Waals surface area contributed by atoms with Crippen molar-refractivity contribution in [2.45, 2.75) is 18.7 Å². The number of hydrogen-bond acceptors (Lipinski definition) is 6. The Morgan fingerprint density at radius 3 is 2.54 bits per heavy atom. The molecule has 0 fully saturated rings. The summed E-state index contributed by atoms with van der Waals surface area (Å²) >= 11 is 0. The third kappa shape index (κ3) is 4.17. The summed E-state index contributed by atoms with van der Waals surface area (Å²) in [6.07, 6.45) is 1.38. The van der Waals surface area contributed by atoms with Gasteiger partial charge in [-0.2, -0.15) is 0 Å². The van der Waals surface area contributed by atoms with Crippen LogP contribution in [0.15, 0.2) is 59.8 Å². The molecule has 146 valence electrons. The minimum Gasteiger partial charge on any atom is -0.339 e. The van der Waals surface area contributed by atoms with Crippen molar-refractivity contribution >= 4 is 21.6 Å². The van der Waals surface area contributed by atoms with E-state index in [2.05, 4.69) is 20.2 Å². The van der Waals surface area contributed by atoms with Gasteiger partial charge in [-0.3, -0.25) is 9.52 Å². The molecule has 1 amide bonds. The van der Waals surface area contributed by atoms with Crippen LogP contribution in [-0.4, -0.2) is 52.5 Å². The molecular formula is C18H20N6O3S. The Bertz CT molecular complexity index is 1060. The van der Waals surface area contributed by atoms with E-state index < -0.39 is 10.0 Å². The zero-order valence-electron chi connectivity index (χ0n) is 15.5. The van der Waals surface area contributed by atoms with Crippen molar-refractivity contribution < 1.29 is 13.2 Å². The van der Waals surface area contributed by atoms with Gasteiger partial charge in [0.25, 0.3) is 15.9 Å². The molecule has 3 aromatic rings. The number of nitrogens with one attached hydrogen (secondary N) is 1. The summed E-state index contributed by atoms with van der Waals surface area (Å²) in [4.78, 5) is 14.2. The van der Waals surface area contributed by atoms with Crippen LogP contribution in [0.5, 0.6) is 0 Å². The number of benzene rings is 2. The first-order valence-corrected chi connectivity index (χ1v) is 10.2. The fraction of sp³-hybridized carbons (Fsp3) is 0.222. The van der Waals surface area contributed by atoms with Gasteiger partial charge in [0.2, 0.25) is 0 Å². The first kappa shape index (κ1) is 19.5. The Morgan fingerprint density at radius 1 is 1.11 bits per heavy atom. The van der Waals surface area contributed by atoms with Gasteiger partial charge < -0.3 is 4.90 Å². The van der Waals surface area contributed by atoms with Crippen LogP contribution < -0.4 is 4.72 Å². The zero-order chi connectivity index (χ0) is 20.1. The topological polar surface area (TPSA) is 110 Å². The smallest absolute Gasteiger partial charge is 0.261 e. The number of amides is 1. The largest absolute Gasteiger partial charge is 0.339 e. The maximum Gasteiger partial charge on any atom is 0.261 e. The summed E-state index contributed by atoms with van der Waals surface area (Å²) in [6, 6.07) is 12.7. The van der Waals surface area contributed by atoms with Crippen molar-refractivity contribution in [2.24, 2.45) is 0 Å². The first-order valence-electron chi connectivity index (χ1n) is 8.70. The number of carbonyl (C=O) groups excluding carboxylic acids is 1. The highest BCUT2D eigenvalue weighted by Crippen LogP contribution is 2.20. The first-order chi connectivity index (χ1) is 13.4. The summed E-state index contributed by atoms with van der Waals surface area (Å²) in [5.74, 6) is -0.147. The molecule has 1 N–H and O–H groups in total. The second kappa shape index (κ2) is 8.17. The number of carbonyl (C=O) groups is 1. The minimum absolute atomic E-state index is 0.0565. The number of sulfonamides is 1. The van der Waals surface area contributed by atoms with E-state index in [1.54, 1.807) is 35.2 Å². The van der Waals surface area contributed by atoms with Crippen LogP contribution in [0, 0.1) is 0 Å². The maximum absolute atomic E-state index is 12.8. The Morgan fingerprint density at radius 2 is 1.86 bits per heavy atom. The average molecular weight is 400 g/mol. The summed E-state index contributed by atoms with van der Waals surface area (Å²) < 4.78 is 29.4. The molecule has 1 aromatic heterocycles. The second-order valence-electron chi connectivity index (χ2n) is 5.92. The summed E-state index contributed by atoms with van der Waals surface area (Å²) in [7, 11) is -3.86. The highest BCUT2D eigenvalue weighted by Gasteiger charge is 2.17. The molecule has 10 heteroatoms. The Balaban J connectivity index is 1.86. The fourth-order valence-corrected chi connectivity index (χ4v) is 3.78. The summed E-state index contributed by atoms with van der Waals surface area (Å²) in [6.45, 7) is 4.95. The molecule has 0 spiro atoms. The molecule has 0 saturated carbocycles. The van der Waals surface area contributed by atoms with Crippen molar-refractivity contribution in [3.8, 4) is 5.69 Å². The van der Waals surface area contributed by atoms with E-state index in [-0.39, 0.29) is 10.8 Å². The third-order valence-electron chi connectivity index (χ3n) is 4.15. The molecule has 0 radical (unpaired) electrons. The van der Waals surface area contributed by atoms with Gasteiger partial charge in [-0.1, -0.05) is 12.1 Å². The molecule has 0 aliphatic heterocycles. The van der Waals surface area contributed by atoms with Crippen molar-refractivity contribution in [2.75, 3.05) is 17.8 Å². The van der Waals surface area contributed by atoms with Gasteiger partial charge in [0, 0.05) is 24.3 Å². The van der Waals surface area contributed by atoms with Crippen molar-refractivity contribution in [3.05, 3.63) is 60.4 Å². The van der Waals surface area contributed by atoms with Gasteiger partial charge in [0.15, 0.2) is 0 Å². The van der Waals surface area contributed by atoms with Crippen LogP contribution in [0.3, 0.4) is 0 Å². The summed E-state index contributed by atoms with van der Waals surface area (Å²) in [5, 5.41) is 10.8. The van der Waals surface area contributed by atoms with Crippen molar-refractivity contribution in [3.63, 3.8) is 0 Å². The molecule has 9 nitrogen and oxygen atoms in total. The molecule has 28 heavy (non-hydrogen) atoms. The van der Waals surface area contributed by atoms with Crippen LogP contribution in [0.2, 0.25) is 0 Å². The van der Waals surface area contributed by atoms with E-state index in [0.717, 1.165) is 0 Å². The van der Waals surface area contributed by atoms with E-state index in [0.29, 0.717) is 30.0 Å². The van der Waals surface area contributed by atoms with Crippen LogP contribution in [0.1, 0.15) is 24.2 Å². The lowest BCUT2D eigenvalue weighted by atomic mass is 10.2. The van der Waals surface area contributed by atoms with Crippen molar-refractivity contribution in [1.29, 1.82) is 0 Å². The monoisotopic (exact) mass is 400 g/mol. The van der Waals surface area contributed by atoms with Gasteiger partial charge in [-0.25, -0.2) is 13.1 Å². The normalized spacial score (nSPS) is 11.2. The molecule has 0 unspecified atom stereocenters. The molecule has 3 rings (SSSR count). The molecule has 0 bridgehead atoms. The second-order valence-corrected chi connectivity index (χ2v) is 7.60. The van der Waals surface area contributed by atoms with Crippen LogP contribution in [-0.2, 0) is 10.0 Å². The lowest BCUT2D eigenvalue weighted by Gasteiger charge is -2.19. The Kier molecular flexibility index (Phi) is 5.69. The fourth-order valence-electron chi connectivity index (χ4n) is 2.70. The number of hydrogen-bond donors (Lipinski definition) is 1. The predicted molar refractivity (Wildman–Crippen MR) is 104 cm³/mol. The highest BCUT2D eigenvalue weighted by atomic mass is 32.2. The number of rotatable bonds is 7. The number of aromatic nitrogens is 4. The Labute approximate surface area is 163 Å². The van der Waals surface area contributed by atoms with Crippen molar-refractivity contribution in [1.82, 2.24) is 25.1 Å². The molecule has 0 aliphatic rings. The standard InChI is InChI=1S/C18H20N6O3S/c1-3-23(4-2)18(25)14-7-5-8-15(11-14)20-28(26,27)17-10-6-9-16(12-17)24-13-19-21-22-24/h5-13,20H,3-4H2,1-2H3. The molecule has 0 saturated heterocycles. The lowest BCUT2D eigenvalue weighted by molar-refractivity contribution is 0.0773. The van der Waals surface area contributed by atoms with Gasteiger partial charge in [-0.05, 0) is 60.7 Å². The maximum atomic E-state index is 12.8. The molecular weight excluding hydrogens is 380 g/mol. The zero-order valence-corrected chi connectivity index (χ0v) is 16.3. The SMILES string of the molecule is CCN(CC)C(=O)c1cccc(NS(=O)(=O)c2cccc(-n3cnnn3)c2)c1. The molecule has 0 atom stereocenters. The Hall–Kier alpha value is -3.27. The summed E-state index contributed by atoms with van der Waals surface area (Å²) in [5.41, 5.74) is 1.25. The number of anilines is 1. The molecule has 2 aromatic carbocycles. The molecule has 1 heterocycles. The predicted octanol–water partition coefficient (Wildman–Crippen LogP) is 1.95. The van der Waals surface area contributed by atoms with E-state index in [1.165, 1.54) is 29.2 Å². The van der Waals surface area contributed by atoms with Crippen LogP contribution in [0.25, 0.3) is 5.69 Å². The molecule has 0 aliphatic carbocycles. The van der Waals surface area contributed by atoms with E-state index in [4.69, 9.17) is 0 Å². The van der Waals surface area contributed by atoms with Gasteiger partial charge in [0.05, 0.1) is 10.6 Å². The van der Waals surface area contributed by atoms with Gasteiger partial charge >= 0.3 is 0 Å². The van der Waals surface area contributed by atoms with E-state index in [1.807, 2.05) is 13.8 Å². The number of nitrogens with zero attached hydrogens (tertiary/aromatic N) is 5. The van der Waals surface area contributed by atoms with Gasteiger partial charge in [0.1, 0.15) is 6.33 Å². The van der Waals surface area contributed by atoms with Gasteiger partial charge in [-0.15, -0.1) is 5.10 Å². The van der Waals surface area contributed by atoms with E-state index >= 15 is 0 Å². The lowest BCUT2D eigenvalue weighted by Crippen LogP contribution is -2.30. The van der Waals surface area contributed by atoms with E-state index in [9.17, 15) is 13.2 Å². The third-order valence-corrected chi connectivity index (χ3v) is 5.53. The average Bonchev–Trinajstić information content (AvgIpc) is 3.24.